The quantitative estimate of drug-likeness (QED) is 0.867. The Balaban J connectivity index is 1.85. The highest BCUT2D eigenvalue weighted by Gasteiger charge is 2.20. The number of nitrogens with one attached hydrogen (secondary N) is 1. The number of nitrogens with zero attached hydrogens (tertiary/aromatic N) is 4. The molecule has 0 fully saturated rings. The van der Waals surface area contributed by atoms with Crippen molar-refractivity contribution in [2.75, 3.05) is 6.54 Å². The number of aromatic nitrogens is 4. The van der Waals surface area contributed by atoms with E-state index in [1.165, 1.54) is 36.8 Å². The zero-order chi connectivity index (χ0) is 13.9. The van der Waals surface area contributed by atoms with Gasteiger partial charge < -0.3 is 9.88 Å². The van der Waals surface area contributed by atoms with Crippen molar-refractivity contribution in [2.24, 2.45) is 7.05 Å². The van der Waals surface area contributed by atoms with E-state index >= 15 is 0 Å². The van der Waals surface area contributed by atoms with E-state index in [4.69, 9.17) is 0 Å². The van der Waals surface area contributed by atoms with Gasteiger partial charge in [-0.05, 0) is 36.9 Å². The van der Waals surface area contributed by atoms with Gasteiger partial charge in [-0.1, -0.05) is 13.3 Å². The van der Waals surface area contributed by atoms with E-state index in [0.29, 0.717) is 6.04 Å². The first-order valence-electron chi connectivity index (χ1n) is 7.52. The molecule has 1 aliphatic rings. The van der Waals surface area contributed by atoms with Gasteiger partial charge in [0.15, 0.2) is 0 Å². The lowest BCUT2D eigenvalue weighted by Gasteiger charge is -2.15. The average Bonchev–Trinajstić information content (AvgIpc) is 2.97. The fourth-order valence-electron chi connectivity index (χ4n) is 3.09. The van der Waals surface area contributed by atoms with E-state index < -0.39 is 0 Å². The van der Waals surface area contributed by atoms with Crippen molar-refractivity contribution in [3.63, 3.8) is 0 Å². The van der Waals surface area contributed by atoms with Crippen LogP contribution in [-0.4, -0.2) is 25.9 Å². The number of hydrogen-bond acceptors (Lipinski definition) is 3. The molecule has 1 aliphatic carbocycles. The first kappa shape index (κ1) is 13.4. The second-order valence-corrected chi connectivity index (χ2v) is 5.57. The summed E-state index contributed by atoms with van der Waals surface area (Å²) in [6, 6.07) is 0.512. The molecule has 0 amide bonds. The first-order valence-corrected chi connectivity index (χ1v) is 7.52. The van der Waals surface area contributed by atoms with Crippen molar-refractivity contribution in [3.05, 3.63) is 35.7 Å². The molecule has 1 atom stereocenters. The van der Waals surface area contributed by atoms with Crippen molar-refractivity contribution in [2.45, 2.75) is 45.2 Å². The minimum absolute atomic E-state index is 0.512. The van der Waals surface area contributed by atoms with Gasteiger partial charge in [-0.3, -0.25) is 4.68 Å². The molecule has 5 heteroatoms. The highest BCUT2D eigenvalue weighted by Crippen LogP contribution is 2.29. The zero-order valence-corrected chi connectivity index (χ0v) is 12.3. The average molecular weight is 273 g/mol. The molecule has 0 radical (unpaired) electrons. The van der Waals surface area contributed by atoms with Crippen LogP contribution in [-0.2, 0) is 20.0 Å². The van der Waals surface area contributed by atoms with Crippen LogP contribution < -0.4 is 5.32 Å². The van der Waals surface area contributed by atoms with Crippen LogP contribution in [0.15, 0.2) is 18.7 Å². The van der Waals surface area contributed by atoms with Crippen molar-refractivity contribution >= 4 is 0 Å². The predicted octanol–water partition coefficient (Wildman–Crippen LogP) is 2.04. The lowest BCUT2D eigenvalue weighted by Crippen LogP contribution is -2.20. The molecule has 0 aromatic carbocycles. The Morgan fingerprint density at radius 3 is 3.00 bits per heavy atom. The van der Waals surface area contributed by atoms with Crippen molar-refractivity contribution in [3.8, 4) is 0 Å². The first-order chi connectivity index (χ1) is 9.78. The van der Waals surface area contributed by atoms with Gasteiger partial charge in [-0.2, -0.15) is 5.10 Å². The summed E-state index contributed by atoms with van der Waals surface area (Å²) >= 11 is 0. The highest BCUT2D eigenvalue weighted by atomic mass is 15.3. The lowest BCUT2D eigenvalue weighted by atomic mass is 10.0. The van der Waals surface area contributed by atoms with Crippen LogP contribution in [0.2, 0.25) is 0 Å². The maximum absolute atomic E-state index is 4.31. The molecular formula is C15H23N5. The normalized spacial score (nSPS) is 18.8. The topological polar surface area (TPSA) is 47.7 Å². The molecule has 108 valence electrons. The van der Waals surface area contributed by atoms with Crippen LogP contribution in [0.25, 0.3) is 0 Å². The Bertz CT molecular complexity index is 569. The molecule has 0 saturated heterocycles. The fraction of sp³-hybridized carbons (Fsp3) is 0.600. The molecule has 2 aromatic heterocycles. The Labute approximate surface area is 120 Å². The largest absolute Gasteiger partial charge is 0.346 e. The summed E-state index contributed by atoms with van der Waals surface area (Å²) in [5, 5.41) is 7.75. The minimum Gasteiger partial charge on any atom is -0.346 e. The summed E-state index contributed by atoms with van der Waals surface area (Å²) < 4.78 is 4.09. The van der Waals surface area contributed by atoms with E-state index in [1.807, 2.05) is 11.7 Å². The number of aryl methyl sites for hydroxylation is 2. The SMILES string of the molecule is CCNC1CCCCc2cn(Cc3ncnn3C)cc21. The van der Waals surface area contributed by atoms with Gasteiger partial charge in [0.2, 0.25) is 0 Å². The standard InChI is InChI=1S/C15H23N5/c1-3-16-14-7-5-4-6-12-8-20(9-13(12)14)10-15-17-11-18-19(15)2/h8-9,11,14,16H,3-7,10H2,1-2H3. The molecule has 0 aliphatic heterocycles. The molecule has 5 nitrogen and oxygen atoms in total. The molecule has 0 saturated carbocycles. The van der Waals surface area contributed by atoms with Crippen molar-refractivity contribution < 1.29 is 0 Å². The van der Waals surface area contributed by atoms with Gasteiger partial charge in [-0.25, -0.2) is 4.98 Å². The number of fused-ring (bicyclic) bond motifs is 1. The molecule has 1 unspecified atom stereocenters. The number of rotatable bonds is 4. The second kappa shape index (κ2) is 5.79. The second-order valence-electron chi connectivity index (χ2n) is 5.57. The highest BCUT2D eigenvalue weighted by molar-refractivity contribution is 5.29. The Morgan fingerprint density at radius 2 is 2.25 bits per heavy atom. The van der Waals surface area contributed by atoms with Gasteiger partial charge in [-0.15, -0.1) is 0 Å². The van der Waals surface area contributed by atoms with Crippen LogP contribution in [0, 0.1) is 0 Å². The smallest absolute Gasteiger partial charge is 0.146 e. The number of hydrogen-bond donors (Lipinski definition) is 1. The molecule has 3 rings (SSSR count). The summed E-state index contributed by atoms with van der Waals surface area (Å²) in [6.07, 6.45) is 11.3. The maximum Gasteiger partial charge on any atom is 0.146 e. The predicted molar refractivity (Wildman–Crippen MR) is 78.5 cm³/mol. The monoisotopic (exact) mass is 273 g/mol. The Kier molecular flexibility index (Phi) is 3.87. The zero-order valence-electron chi connectivity index (χ0n) is 12.3. The third kappa shape index (κ3) is 2.63. The molecule has 2 heterocycles. The van der Waals surface area contributed by atoms with Gasteiger partial charge in [0.1, 0.15) is 12.2 Å². The summed E-state index contributed by atoms with van der Waals surface area (Å²) in [7, 11) is 1.94. The molecule has 0 bridgehead atoms. The lowest BCUT2D eigenvalue weighted by molar-refractivity contribution is 0.501. The third-order valence-electron chi connectivity index (χ3n) is 4.14. The molecule has 20 heavy (non-hydrogen) atoms. The minimum atomic E-state index is 0.512. The van der Waals surface area contributed by atoms with Crippen LogP contribution in [0.5, 0.6) is 0 Å². The van der Waals surface area contributed by atoms with Crippen LogP contribution in [0.1, 0.15) is 49.2 Å². The molecule has 2 aromatic rings. The van der Waals surface area contributed by atoms with Gasteiger partial charge in [0, 0.05) is 25.5 Å². The van der Waals surface area contributed by atoms with Gasteiger partial charge in [0.25, 0.3) is 0 Å². The van der Waals surface area contributed by atoms with Gasteiger partial charge in [0.05, 0.1) is 6.54 Å². The van der Waals surface area contributed by atoms with E-state index in [2.05, 4.69) is 39.3 Å². The third-order valence-corrected chi connectivity index (χ3v) is 4.14. The van der Waals surface area contributed by atoms with E-state index in [-0.39, 0.29) is 0 Å². The molecular weight excluding hydrogens is 250 g/mol. The fourth-order valence-corrected chi connectivity index (χ4v) is 3.09. The van der Waals surface area contributed by atoms with E-state index in [9.17, 15) is 0 Å². The van der Waals surface area contributed by atoms with Crippen LogP contribution >= 0.6 is 0 Å². The van der Waals surface area contributed by atoms with Crippen LogP contribution in [0.3, 0.4) is 0 Å². The molecule has 1 N–H and O–H groups in total. The Morgan fingerprint density at radius 1 is 1.35 bits per heavy atom. The van der Waals surface area contributed by atoms with Crippen molar-refractivity contribution in [1.29, 1.82) is 0 Å². The summed E-state index contributed by atoms with van der Waals surface area (Å²) in [6.45, 7) is 4.00. The summed E-state index contributed by atoms with van der Waals surface area (Å²) in [5.74, 6) is 0.996. The Hall–Kier alpha value is -1.62. The maximum atomic E-state index is 4.31. The summed E-state index contributed by atoms with van der Waals surface area (Å²) in [5.41, 5.74) is 2.97. The van der Waals surface area contributed by atoms with Crippen LogP contribution in [0.4, 0.5) is 0 Å². The summed E-state index contributed by atoms with van der Waals surface area (Å²) in [4.78, 5) is 4.31. The van der Waals surface area contributed by atoms with E-state index in [0.717, 1.165) is 18.9 Å². The van der Waals surface area contributed by atoms with E-state index in [1.54, 1.807) is 6.33 Å². The molecule has 0 spiro atoms. The van der Waals surface area contributed by atoms with Crippen molar-refractivity contribution in [1.82, 2.24) is 24.6 Å². The van der Waals surface area contributed by atoms with Gasteiger partial charge >= 0.3 is 0 Å².